The number of nitrogens with zero attached hydrogens (tertiary/aromatic N) is 1. The molecule has 4 heteroatoms. The molecule has 1 saturated heterocycles. The number of methoxy groups -OCH3 is 1. The summed E-state index contributed by atoms with van der Waals surface area (Å²) in [6, 6.07) is 7.09. The van der Waals surface area contributed by atoms with Gasteiger partial charge >= 0.3 is 0 Å². The number of rotatable bonds is 7. The van der Waals surface area contributed by atoms with Gasteiger partial charge in [0.2, 0.25) is 0 Å². The Labute approximate surface area is 157 Å². The van der Waals surface area contributed by atoms with Gasteiger partial charge in [-0.1, -0.05) is 19.4 Å². The number of fused-ring (bicyclic) bond motifs is 4. The number of ether oxygens (including phenoxy) is 1. The molecule has 4 unspecified atom stereocenters. The van der Waals surface area contributed by atoms with E-state index in [4.69, 9.17) is 10.5 Å². The topological polar surface area (TPSA) is 58.7 Å². The summed E-state index contributed by atoms with van der Waals surface area (Å²) in [6.45, 7) is 4.83. The third-order valence-electron chi connectivity index (χ3n) is 7.26. The summed E-state index contributed by atoms with van der Waals surface area (Å²) < 4.78 is 5.55. The average molecular weight is 359 g/mol. The molecule has 3 aliphatic rings. The van der Waals surface area contributed by atoms with E-state index in [0.29, 0.717) is 12.0 Å². The first-order valence-electron chi connectivity index (χ1n) is 10.4. The van der Waals surface area contributed by atoms with E-state index >= 15 is 0 Å². The molecule has 0 spiro atoms. The van der Waals surface area contributed by atoms with Crippen molar-refractivity contribution in [2.75, 3.05) is 26.8 Å². The lowest BCUT2D eigenvalue weighted by atomic mass is 9.54. The number of nitrogens with two attached hydrogens (primary N) is 1. The van der Waals surface area contributed by atoms with Crippen LogP contribution in [0.5, 0.6) is 5.75 Å². The van der Waals surface area contributed by atoms with Crippen LogP contribution in [0.3, 0.4) is 0 Å². The SMILES string of the molecule is CCC1C2Cc3ccc(OC)cc3C1(CC(N)CO)CCN2CC1CC1. The second kappa shape index (κ2) is 7.14. The van der Waals surface area contributed by atoms with Gasteiger partial charge in [0.1, 0.15) is 5.75 Å². The third-order valence-corrected chi connectivity index (χ3v) is 7.26. The Morgan fingerprint density at radius 1 is 1.38 bits per heavy atom. The van der Waals surface area contributed by atoms with Crippen molar-refractivity contribution in [1.82, 2.24) is 4.90 Å². The quantitative estimate of drug-likeness (QED) is 0.787. The lowest BCUT2D eigenvalue weighted by Gasteiger charge is -2.58. The van der Waals surface area contributed by atoms with E-state index in [-0.39, 0.29) is 18.1 Å². The van der Waals surface area contributed by atoms with Gasteiger partial charge in [0.05, 0.1) is 13.7 Å². The molecule has 4 rings (SSSR count). The van der Waals surface area contributed by atoms with Gasteiger partial charge in [0.15, 0.2) is 0 Å². The maximum Gasteiger partial charge on any atom is 0.119 e. The van der Waals surface area contributed by atoms with Crippen LogP contribution in [0.25, 0.3) is 0 Å². The Kier molecular flexibility index (Phi) is 5.02. The van der Waals surface area contributed by atoms with Crippen LogP contribution in [0.4, 0.5) is 0 Å². The van der Waals surface area contributed by atoms with Gasteiger partial charge in [-0.25, -0.2) is 0 Å². The van der Waals surface area contributed by atoms with Gasteiger partial charge in [0, 0.05) is 24.0 Å². The average Bonchev–Trinajstić information content (AvgIpc) is 3.47. The minimum atomic E-state index is -0.156. The van der Waals surface area contributed by atoms with E-state index in [1.165, 1.54) is 36.9 Å². The molecule has 1 saturated carbocycles. The number of aliphatic hydroxyl groups excluding tert-OH is 1. The number of hydrogen-bond acceptors (Lipinski definition) is 4. The zero-order valence-electron chi connectivity index (χ0n) is 16.3. The molecule has 1 aliphatic heterocycles. The largest absolute Gasteiger partial charge is 0.497 e. The Hall–Kier alpha value is -1.10. The molecule has 2 bridgehead atoms. The Balaban J connectivity index is 1.76. The lowest BCUT2D eigenvalue weighted by molar-refractivity contribution is -0.000869. The number of benzene rings is 1. The van der Waals surface area contributed by atoms with Crippen LogP contribution in [0.2, 0.25) is 0 Å². The fourth-order valence-corrected chi connectivity index (χ4v) is 5.89. The van der Waals surface area contributed by atoms with E-state index in [0.717, 1.165) is 37.5 Å². The summed E-state index contributed by atoms with van der Waals surface area (Å²) in [5.41, 5.74) is 9.29. The fraction of sp³-hybridized carbons (Fsp3) is 0.727. The highest BCUT2D eigenvalue weighted by Gasteiger charge is 2.53. The molecule has 1 heterocycles. The van der Waals surface area contributed by atoms with Crippen molar-refractivity contribution in [3.05, 3.63) is 29.3 Å². The molecule has 0 radical (unpaired) electrons. The number of piperidine rings is 1. The van der Waals surface area contributed by atoms with Crippen molar-refractivity contribution in [1.29, 1.82) is 0 Å². The fourth-order valence-electron chi connectivity index (χ4n) is 5.89. The Morgan fingerprint density at radius 3 is 2.85 bits per heavy atom. The van der Waals surface area contributed by atoms with Crippen LogP contribution in [0.1, 0.15) is 50.2 Å². The molecule has 3 N–H and O–H groups in total. The smallest absolute Gasteiger partial charge is 0.119 e. The molecule has 1 aromatic carbocycles. The number of likely N-dealkylation sites (tertiary alicyclic amines) is 1. The maximum absolute atomic E-state index is 9.69. The number of aliphatic hydroxyl groups is 1. The van der Waals surface area contributed by atoms with Crippen molar-refractivity contribution >= 4 is 0 Å². The summed E-state index contributed by atoms with van der Waals surface area (Å²) in [5.74, 6) is 2.47. The van der Waals surface area contributed by atoms with E-state index in [9.17, 15) is 5.11 Å². The summed E-state index contributed by atoms with van der Waals surface area (Å²) >= 11 is 0. The molecule has 26 heavy (non-hydrogen) atoms. The highest BCUT2D eigenvalue weighted by Crippen LogP contribution is 2.53. The first kappa shape index (κ1) is 18.3. The van der Waals surface area contributed by atoms with E-state index in [2.05, 4.69) is 30.0 Å². The second-order valence-electron chi connectivity index (χ2n) is 8.80. The zero-order chi connectivity index (χ0) is 18.3. The van der Waals surface area contributed by atoms with Crippen LogP contribution < -0.4 is 10.5 Å². The molecule has 2 fully saturated rings. The zero-order valence-corrected chi connectivity index (χ0v) is 16.3. The Bertz CT molecular complexity index is 645. The molecule has 4 atom stereocenters. The number of hydrogen-bond donors (Lipinski definition) is 2. The minimum absolute atomic E-state index is 0.0634. The first-order valence-corrected chi connectivity index (χ1v) is 10.4. The van der Waals surface area contributed by atoms with Crippen LogP contribution in [-0.2, 0) is 11.8 Å². The van der Waals surface area contributed by atoms with E-state index in [1.807, 2.05) is 0 Å². The van der Waals surface area contributed by atoms with Crippen LogP contribution in [0.15, 0.2) is 18.2 Å². The molecule has 0 aromatic heterocycles. The van der Waals surface area contributed by atoms with Crippen molar-refractivity contribution in [2.45, 2.75) is 62.9 Å². The summed E-state index contributed by atoms with van der Waals surface area (Å²) in [6.07, 6.45) is 7.14. The predicted molar refractivity (Wildman–Crippen MR) is 105 cm³/mol. The monoisotopic (exact) mass is 358 g/mol. The molecule has 144 valence electrons. The van der Waals surface area contributed by atoms with Gasteiger partial charge in [0.25, 0.3) is 0 Å². The highest BCUT2D eigenvalue weighted by atomic mass is 16.5. The maximum atomic E-state index is 9.69. The lowest BCUT2D eigenvalue weighted by Crippen LogP contribution is -2.61. The minimum Gasteiger partial charge on any atom is -0.497 e. The standard InChI is InChI=1S/C22H34N2O2/c1-3-19-21-10-16-6-7-18(26-2)11-20(16)22(19,12-17(23)14-25)8-9-24(21)13-15-4-5-15/h6-7,11,15,17,19,21,25H,3-5,8-10,12-14,23H2,1-2H3. The van der Waals surface area contributed by atoms with E-state index < -0.39 is 0 Å². The second-order valence-corrected chi connectivity index (χ2v) is 8.80. The normalized spacial score (nSPS) is 32.2. The molecular weight excluding hydrogens is 324 g/mol. The van der Waals surface area contributed by atoms with Crippen molar-refractivity contribution < 1.29 is 9.84 Å². The molecule has 0 amide bonds. The summed E-state index contributed by atoms with van der Waals surface area (Å²) in [5, 5.41) is 9.69. The van der Waals surface area contributed by atoms with Gasteiger partial charge in [-0.2, -0.15) is 0 Å². The van der Waals surface area contributed by atoms with Gasteiger partial charge in [-0.05, 0) is 73.7 Å². The van der Waals surface area contributed by atoms with Gasteiger partial charge in [-0.3, -0.25) is 4.90 Å². The Morgan fingerprint density at radius 2 is 2.19 bits per heavy atom. The third kappa shape index (κ3) is 3.06. The van der Waals surface area contributed by atoms with Crippen molar-refractivity contribution in [3.63, 3.8) is 0 Å². The van der Waals surface area contributed by atoms with Crippen molar-refractivity contribution in [2.24, 2.45) is 17.6 Å². The van der Waals surface area contributed by atoms with E-state index in [1.54, 1.807) is 7.11 Å². The van der Waals surface area contributed by atoms with Crippen molar-refractivity contribution in [3.8, 4) is 5.75 Å². The summed E-state index contributed by atoms with van der Waals surface area (Å²) in [7, 11) is 1.75. The first-order chi connectivity index (χ1) is 12.6. The van der Waals surface area contributed by atoms with Crippen LogP contribution in [-0.4, -0.2) is 48.9 Å². The predicted octanol–water partition coefficient (Wildman–Crippen LogP) is 2.71. The highest BCUT2D eigenvalue weighted by molar-refractivity contribution is 5.45. The van der Waals surface area contributed by atoms with Gasteiger partial charge < -0.3 is 15.6 Å². The molecule has 1 aromatic rings. The molecule has 2 aliphatic carbocycles. The molecule has 4 nitrogen and oxygen atoms in total. The van der Waals surface area contributed by atoms with Gasteiger partial charge in [-0.15, -0.1) is 0 Å². The van der Waals surface area contributed by atoms with Crippen LogP contribution in [0, 0.1) is 11.8 Å². The molecular formula is C22H34N2O2. The van der Waals surface area contributed by atoms with Crippen LogP contribution >= 0.6 is 0 Å². The summed E-state index contributed by atoms with van der Waals surface area (Å²) in [4.78, 5) is 2.78.